The number of para-hydroxylation sites is 2. The normalized spacial score (nSPS) is 22.0. The minimum Gasteiger partial charge on any atom is -0.466 e. The standard InChI is InChI=1S/C28H26N4O4S/c1-5-35-26(34)23-24-19-13-9-10-14-21(19)36-28(23,4)29-27-31(24)25(33)22(37-27)15-20-16(2)30-32(17(20)3)18-11-7-6-8-12-18/h6-15,23-24H,5H2,1-4H3/b22-15+. The second kappa shape index (κ2) is 8.55. The summed E-state index contributed by atoms with van der Waals surface area (Å²) in [5.41, 5.74) is 2.96. The van der Waals surface area contributed by atoms with Gasteiger partial charge in [0.1, 0.15) is 11.7 Å². The molecule has 9 heteroatoms. The largest absolute Gasteiger partial charge is 0.466 e. The van der Waals surface area contributed by atoms with E-state index in [1.165, 1.54) is 11.3 Å². The zero-order valence-corrected chi connectivity index (χ0v) is 21.8. The summed E-state index contributed by atoms with van der Waals surface area (Å²) in [6.45, 7) is 7.70. The van der Waals surface area contributed by atoms with E-state index in [-0.39, 0.29) is 12.2 Å². The molecule has 2 bridgehead atoms. The Balaban J connectivity index is 1.56. The van der Waals surface area contributed by atoms with Crippen LogP contribution in [0.5, 0.6) is 5.75 Å². The van der Waals surface area contributed by atoms with Gasteiger partial charge in [0.25, 0.3) is 5.56 Å². The van der Waals surface area contributed by atoms with Gasteiger partial charge in [-0.05, 0) is 52.0 Å². The van der Waals surface area contributed by atoms with Gasteiger partial charge in [0.05, 0.1) is 28.6 Å². The van der Waals surface area contributed by atoms with Crippen LogP contribution in [-0.2, 0) is 9.53 Å². The number of aryl methyl sites for hydroxylation is 1. The predicted molar refractivity (Wildman–Crippen MR) is 140 cm³/mol. The molecule has 0 N–H and O–H groups in total. The minimum absolute atomic E-state index is 0.201. The van der Waals surface area contributed by atoms with Crippen molar-refractivity contribution >= 4 is 23.4 Å². The Hall–Kier alpha value is -3.98. The Kier molecular flexibility index (Phi) is 5.41. The van der Waals surface area contributed by atoms with Gasteiger partial charge in [-0.2, -0.15) is 5.10 Å². The lowest BCUT2D eigenvalue weighted by atomic mass is 9.81. The average Bonchev–Trinajstić information content (AvgIpc) is 3.33. The van der Waals surface area contributed by atoms with E-state index in [1.54, 1.807) is 18.4 Å². The van der Waals surface area contributed by atoms with Gasteiger partial charge in [0.2, 0.25) is 5.72 Å². The summed E-state index contributed by atoms with van der Waals surface area (Å²) in [7, 11) is 0. The molecule has 4 aromatic rings. The second-order valence-corrected chi connectivity index (χ2v) is 10.4. The molecule has 0 saturated carbocycles. The molecule has 8 nitrogen and oxygen atoms in total. The Bertz CT molecular complexity index is 1720. The van der Waals surface area contributed by atoms with Crippen molar-refractivity contribution < 1.29 is 14.3 Å². The smallest absolute Gasteiger partial charge is 0.317 e. The van der Waals surface area contributed by atoms with Crippen LogP contribution in [0.3, 0.4) is 0 Å². The Morgan fingerprint density at radius 2 is 1.89 bits per heavy atom. The van der Waals surface area contributed by atoms with Gasteiger partial charge in [-0.15, -0.1) is 0 Å². The van der Waals surface area contributed by atoms with Gasteiger partial charge in [-0.25, -0.2) is 9.67 Å². The van der Waals surface area contributed by atoms with Crippen molar-refractivity contribution in [2.75, 3.05) is 6.61 Å². The zero-order valence-electron chi connectivity index (χ0n) is 21.0. The molecule has 2 aromatic carbocycles. The lowest BCUT2D eigenvalue weighted by molar-refractivity contribution is -0.160. The summed E-state index contributed by atoms with van der Waals surface area (Å²) >= 11 is 1.30. The third kappa shape index (κ3) is 3.56. The van der Waals surface area contributed by atoms with E-state index in [0.717, 1.165) is 28.2 Å². The van der Waals surface area contributed by atoms with E-state index < -0.39 is 23.7 Å². The number of nitrogens with zero attached hydrogens (tertiary/aromatic N) is 4. The van der Waals surface area contributed by atoms with Crippen molar-refractivity contribution in [2.45, 2.75) is 39.5 Å². The van der Waals surface area contributed by atoms with Crippen molar-refractivity contribution in [3.8, 4) is 11.4 Å². The van der Waals surface area contributed by atoms with Crippen LogP contribution in [0.1, 0.15) is 42.4 Å². The molecule has 0 spiro atoms. The molecule has 0 saturated heterocycles. The highest BCUT2D eigenvalue weighted by molar-refractivity contribution is 7.07. The lowest BCUT2D eigenvalue weighted by Crippen LogP contribution is -2.58. The van der Waals surface area contributed by atoms with E-state index in [1.807, 2.05) is 79.2 Å². The molecule has 2 aromatic heterocycles. The Morgan fingerprint density at radius 3 is 2.65 bits per heavy atom. The highest BCUT2D eigenvalue weighted by atomic mass is 32.1. The van der Waals surface area contributed by atoms with Crippen LogP contribution in [0, 0.1) is 19.8 Å². The fourth-order valence-electron chi connectivity index (χ4n) is 5.35. The molecule has 0 aliphatic carbocycles. The van der Waals surface area contributed by atoms with Crippen molar-refractivity contribution in [1.82, 2.24) is 14.3 Å². The van der Waals surface area contributed by atoms with Gasteiger partial charge in [0, 0.05) is 16.8 Å². The summed E-state index contributed by atoms with van der Waals surface area (Å²) in [6.07, 6.45) is 1.88. The van der Waals surface area contributed by atoms with Crippen LogP contribution in [-0.4, -0.2) is 32.6 Å². The Labute approximate surface area is 217 Å². The first-order valence-corrected chi connectivity index (χ1v) is 13.0. The lowest BCUT2D eigenvalue weighted by Gasteiger charge is -2.44. The van der Waals surface area contributed by atoms with E-state index >= 15 is 0 Å². The van der Waals surface area contributed by atoms with Gasteiger partial charge >= 0.3 is 5.97 Å². The van der Waals surface area contributed by atoms with Crippen LogP contribution in [0.2, 0.25) is 0 Å². The first kappa shape index (κ1) is 23.4. The third-order valence-corrected chi connectivity index (χ3v) is 8.03. The van der Waals surface area contributed by atoms with Crippen LogP contribution in [0.25, 0.3) is 11.8 Å². The molecule has 6 rings (SSSR count). The topological polar surface area (TPSA) is 87.7 Å². The number of benzene rings is 2. The molecular formula is C28H26N4O4S. The molecule has 2 aliphatic heterocycles. The summed E-state index contributed by atoms with van der Waals surface area (Å²) in [6, 6.07) is 16.8. The third-order valence-electron chi connectivity index (χ3n) is 7.04. The first-order valence-electron chi connectivity index (χ1n) is 12.2. The van der Waals surface area contributed by atoms with Crippen LogP contribution in [0.15, 0.2) is 64.4 Å². The number of thiazole rings is 1. The highest BCUT2D eigenvalue weighted by Crippen LogP contribution is 2.47. The fourth-order valence-corrected chi connectivity index (χ4v) is 6.43. The molecule has 0 fully saturated rings. The molecule has 0 amide bonds. The number of hydrogen-bond acceptors (Lipinski definition) is 7. The number of ether oxygens (including phenoxy) is 2. The summed E-state index contributed by atoms with van der Waals surface area (Å²) in [5.74, 6) is -0.609. The quantitative estimate of drug-likeness (QED) is 0.391. The van der Waals surface area contributed by atoms with Gasteiger partial charge in [0.15, 0.2) is 4.80 Å². The molecule has 37 heavy (non-hydrogen) atoms. The maximum atomic E-state index is 13.9. The van der Waals surface area contributed by atoms with Gasteiger partial charge < -0.3 is 9.47 Å². The molecule has 4 heterocycles. The van der Waals surface area contributed by atoms with Gasteiger partial charge in [-0.3, -0.25) is 14.2 Å². The number of carbonyl (C=O) groups excluding carboxylic acids is 1. The predicted octanol–water partition coefficient (Wildman–Crippen LogP) is 3.05. The summed E-state index contributed by atoms with van der Waals surface area (Å²) in [5, 5.41) is 4.71. The van der Waals surface area contributed by atoms with Crippen molar-refractivity contribution in [2.24, 2.45) is 10.9 Å². The second-order valence-electron chi connectivity index (χ2n) is 9.38. The van der Waals surface area contributed by atoms with Crippen molar-refractivity contribution in [1.29, 1.82) is 0 Å². The maximum absolute atomic E-state index is 13.9. The number of carbonyl (C=O) groups is 1. The zero-order chi connectivity index (χ0) is 25.9. The highest BCUT2D eigenvalue weighted by Gasteiger charge is 2.55. The molecule has 2 aliphatic rings. The summed E-state index contributed by atoms with van der Waals surface area (Å²) in [4.78, 5) is 32.4. The van der Waals surface area contributed by atoms with Crippen LogP contribution in [0.4, 0.5) is 0 Å². The molecule has 3 unspecified atom stereocenters. The van der Waals surface area contributed by atoms with E-state index in [2.05, 4.69) is 0 Å². The van der Waals surface area contributed by atoms with E-state index in [9.17, 15) is 9.59 Å². The van der Waals surface area contributed by atoms with Gasteiger partial charge in [-0.1, -0.05) is 47.7 Å². The SMILES string of the molecule is CCOC(=O)C1C2c3ccccc3OC1(C)N=c1s/c(=C/c3c(C)nn(-c4ccccc4)c3C)c(=O)n12. The van der Waals surface area contributed by atoms with Crippen LogP contribution >= 0.6 is 11.3 Å². The number of aromatic nitrogens is 3. The Morgan fingerprint density at radius 1 is 1.16 bits per heavy atom. The number of fused-ring (bicyclic) bond motifs is 6. The van der Waals surface area contributed by atoms with Crippen molar-refractivity contribution in [3.05, 3.63) is 96.8 Å². The van der Waals surface area contributed by atoms with E-state index in [0.29, 0.717) is 15.1 Å². The molecule has 3 atom stereocenters. The van der Waals surface area contributed by atoms with Crippen LogP contribution < -0.4 is 19.6 Å². The number of rotatable bonds is 4. The number of esters is 1. The number of hydrogen-bond donors (Lipinski definition) is 0. The molecule has 0 radical (unpaired) electrons. The van der Waals surface area contributed by atoms with Crippen molar-refractivity contribution in [3.63, 3.8) is 0 Å². The molecular weight excluding hydrogens is 488 g/mol. The van der Waals surface area contributed by atoms with E-state index in [4.69, 9.17) is 19.6 Å². The molecule has 188 valence electrons. The average molecular weight is 515 g/mol. The minimum atomic E-state index is -1.19. The monoisotopic (exact) mass is 514 g/mol. The first-order chi connectivity index (χ1) is 17.8. The fraction of sp³-hybridized carbons (Fsp3) is 0.286. The summed E-state index contributed by atoms with van der Waals surface area (Å²) < 4.78 is 15.7. The maximum Gasteiger partial charge on any atom is 0.317 e.